The molecular weight excluding hydrogens is 214 g/mol. The lowest BCUT2D eigenvalue weighted by Crippen LogP contribution is -2.34. The third kappa shape index (κ3) is 9.42. The van der Waals surface area contributed by atoms with Crippen molar-refractivity contribution in [3.63, 3.8) is 0 Å². The van der Waals surface area contributed by atoms with Crippen molar-refractivity contribution in [2.45, 2.75) is 25.8 Å². The molecule has 0 aliphatic rings. The van der Waals surface area contributed by atoms with Crippen LogP contribution in [0.5, 0.6) is 0 Å². The van der Waals surface area contributed by atoms with Gasteiger partial charge in [-0.2, -0.15) is 0 Å². The van der Waals surface area contributed by atoms with Gasteiger partial charge in [0.15, 0.2) is 0 Å². The van der Waals surface area contributed by atoms with Crippen LogP contribution in [0.3, 0.4) is 0 Å². The van der Waals surface area contributed by atoms with E-state index in [4.69, 9.17) is 14.6 Å². The number of ether oxygens (including phenoxy) is 2. The summed E-state index contributed by atoms with van der Waals surface area (Å²) < 4.78 is 9.87. The zero-order valence-electron chi connectivity index (χ0n) is 9.69. The second-order valence-corrected chi connectivity index (χ2v) is 3.42. The van der Waals surface area contributed by atoms with Crippen LogP contribution in [0.25, 0.3) is 0 Å². The highest BCUT2D eigenvalue weighted by molar-refractivity contribution is 5.77. The summed E-state index contributed by atoms with van der Waals surface area (Å²) in [6.45, 7) is 2.91. The van der Waals surface area contributed by atoms with Gasteiger partial charge in [0, 0.05) is 19.6 Å². The van der Waals surface area contributed by atoms with Crippen LogP contribution < -0.4 is 5.32 Å². The van der Waals surface area contributed by atoms with Crippen LogP contribution in [0.2, 0.25) is 0 Å². The van der Waals surface area contributed by atoms with Crippen LogP contribution in [0.15, 0.2) is 0 Å². The quantitative estimate of drug-likeness (QED) is 0.548. The third-order valence-electron chi connectivity index (χ3n) is 1.79. The number of rotatable bonds is 9. The maximum atomic E-state index is 11.3. The summed E-state index contributed by atoms with van der Waals surface area (Å²) in [7, 11) is 1.57. The highest BCUT2D eigenvalue weighted by Crippen LogP contribution is 1.92. The van der Waals surface area contributed by atoms with E-state index in [1.807, 2.05) is 0 Å². The molecule has 0 aliphatic heterocycles. The number of hydrogen-bond acceptors (Lipinski definition) is 4. The van der Waals surface area contributed by atoms with Crippen molar-refractivity contribution in [1.82, 2.24) is 5.32 Å². The number of methoxy groups -OCH3 is 1. The van der Waals surface area contributed by atoms with E-state index >= 15 is 0 Å². The lowest BCUT2D eigenvalue weighted by molar-refractivity contribution is -0.137. The normalized spacial score (nSPS) is 12.1. The minimum absolute atomic E-state index is 0.0731. The van der Waals surface area contributed by atoms with Gasteiger partial charge in [-0.1, -0.05) is 0 Å². The van der Waals surface area contributed by atoms with Crippen LogP contribution in [-0.4, -0.2) is 50.0 Å². The molecule has 0 aromatic rings. The fourth-order valence-electron chi connectivity index (χ4n) is 1.07. The smallest absolute Gasteiger partial charge is 0.305 e. The first-order valence-electron chi connectivity index (χ1n) is 5.14. The molecule has 0 spiro atoms. The van der Waals surface area contributed by atoms with Crippen LogP contribution in [0.1, 0.15) is 19.8 Å². The monoisotopic (exact) mass is 233 g/mol. The maximum absolute atomic E-state index is 11.3. The van der Waals surface area contributed by atoms with E-state index in [9.17, 15) is 9.59 Å². The Morgan fingerprint density at radius 3 is 2.56 bits per heavy atom. The van der Waals surface area contributed by atoms with Crippen molar-refractivity contribution in [3.8, 4) is 0 Å². The standard InChI is InChI=1S/C10H19NO5/c1-8(7-10(13)14)11-9(12)3-4-16-6-5-15-2/h8H,3-7H2,1-2H3,(H,11,12)(H,13,14). The second-order valence-electron chi connectivity index (χ2n) is 3.42. The summed E-state index contributed by atoms with van der Waals surface area (Å²) in [5.74, 6) is -1.13. The summed E-state index contributed by atoms with van der Waals surface area (Å²) in [5.41, 5.74) is 0. The van der Waals surface area contributed by atoms with Gasteiger partial charge in [0.2, 0.25) is 5.91 Å². The number of hydrogen-bond donors (Lipinski definition) is 2. The lowest BCUT2D eigenvalue weighted by atomic mass is 10.2. The molecule has 0 aromatic heterocycles. The van der Waals surface area contributed by atoms with Crippen LogP contribution in [0.4, 0.5) is 0 Å². The molecule has 0 saturated heterocycles. The van der Waals surface area contributed by atoms with Crippen molar-refractivity contribution in [1.29, 1.82) is 0 Å². The Labute approximate surface area is 94.9 Å². The number of carboxylic acid groups (broad SMARTS) is 1. The van der Waals surface area contributed by atoms with E-state index in [-0.39, 0.29) is 24.8 Å². The first-order chi connectivity index (χ1) is 7.56. The Morgan fingerprint density at radius 2 is 2.00 bits per heavy atom. The lowest BCUT2D eigenvalue weighted by Gasteiger charge is -2.11. The molecule has 0 fully saturated rings. The minimum atomic E-state index is -0.927. The van der Waals surface area contributed by atoms with Gasteiger partial charge in [0.1, 0.15) is 0 Å². The zero-order valence-corrected chi connectivity index (χ0v) is 9.69. The van der Waals surface area contributed by atoms with Gasteiger partial charge in [-0.3, -0.25) is 9.59 Å². The van der Waals surface area contributed by atoms with Crippen molar-refractivity contribution in [3.05, 3.63) is 0 Å². The molecule has 0 radical (unpaired) electrons. The van der Waals surface area contributed by atoms with E-state index in [1.54, 1.807) is 14.0 Å². The van der Waals surface area contributed by atoms with E-state index in [0.717, 1.165) is 0 Å². The number of aliphatic carboxylic acids is 1. The molecule has 6 nitrogen and oxygen atoms in total. The Bertz CT molecular complexity index is 219. The average Bonchev–Trinajstić information content (AvgIpc) is 2.15. The van der Waals surface area contributed by atoms with Gasteiger partial charge < -0.3 is 19.9 Å². The average molecular weight is 233 g/mol. The molecule has 1 atom stereocenters. The molecule has 1 amide bonds. The highest BCUT2D eigenvalue weighted by atomic mass is 16.5. The minimum Gasteiger partial charge on any atom is -0.481 e. The topological polar surface area (TPSA) is 84.9 Å². The molecule has 0 aliphatic carbocycles. The first-order valence-corrected chi connectivity index (χ1v) is 5.14. The summed E-state index contributed by atoms with van der Waals surface area (Å²) in [6, 6.07) is -0.357. The van der Waals surface area contributed by atoms with E-state index in [2.05, 4.69) is 5.32 Å². The number of nitrogens with one attached hydrogen (secondary N) is 1. The van der Waals surface area contributed by atoms with Gasteiger partial charge in [0.05, 0.1) is 26.2 Å². The summed E-state index contributed by atoms with van der Waals surface area (Å²) in [4.78, 5) is 21.6. The molecule has 2 N–H and O–H groups in total. The van der Waals surface area contributed by atoms with Crippen LogP contribution in [0, 0.1) is 0 Å². The molecular formula is C10H19NO5. The predicted molar refractivity (Wildman–Crippen MR) is 57.2 cm³/mol. The fourth-order valence-corrected chi connectivity index (χ4v) is 1.07. The highest BCUT2D eigenvalue weighted by Gasteiger charge is 2.10. The molecule has 0 aromatic carbocycles. The Morgan fingerprint density at radius 1 is 1.31 bits per heavy atom. The maximum Gasteiger partial charge on any atom is 0.305 e. The predicted octanol–water partition coefficient (Wildman–Crippen LogP) is 0.0189. The molecule has 16 heavy (non-hydrogen) atoms. The largest absolute Gasteiger partial charge is 0.481 e. The fraction of sp³-hybridized carbons (Fsp3) is 0.800. The number of carbonyl (C=O) groups excluding carboxylic acids is 1. The zero-order chi connectivity index (χ0) is 12.4. The Kier molecular flexibility index (Phi) is 8.46. The van der Waals surface area contributed by atoms with Crippen molar-refractivity contribution >= 4 is 11.9 Å². The first kappa shape index (κ1) is 14.9. The number of amides is 1. The summed E-state index contributed by atoms with van der Waals surface area (Å²) in [5, 5.41) is 11.1. The van der Waals surface area contributed by atoms with Gasteiger partial charge >= 0.3 is 5.97 Å². The Hall–Kier alpha value is -1.14. The summed E-state index contributed by atoms with van der Waals surface area (Å²) >= 11 is 0. The van der Waals surface area contributed by atoms with E-state index in [0.29, 0.717) is 19.8 Å². The molecule has 1 unspecified atom stereocenters. The van der Waals surface area contributed by atoms with Crippen molar-refractivity contribution in [2.24, 2.45) is 0 Å². The van der Waals surface area contributed by atoms with Gasteiger partial charge in [-0.15, -0.1) is 0 Å². The Balaban J connectivity index is 3.47. The van der Waals surface area contributed by atoms with Crippen LogP contribution in [-0.2, 0) is 19.1 Å². The number of carboxylic acids is 1. The van der Waals surface area contributed by atoms with Gasteiger partial charge in [-0.25, -0.2) is 0 Å². The number of carbonyl (C=O) groups is 2. The molecule has 6 heteroatoms. The third-order valence-corrected chi connectivity index (χ3v) is 1.79. The SMILES string of the molecule is COCCOCCC(=O)NC(C)CC(=O)O. The van der Waals surface area contributed by atoms with Crippen LogP contribution >= 0.6 is 0 Å². The van der Waals surface area contributed by atoms with Crippen molar-refractivity contribution < 1.29 is 24.2 Å². The van der Waals surface area contributed by atoms with Gasteiger partial charge in [-0.05, 0) is 6.92 Å². The molecule has 0 rings (SSSR count). The second kappa shape index (κ2) is 9.11. The van der Waals surface area contributed by atoms with Gasteiger partial charge in [0.25, 0.3) is 0 Å². The van der Waals surface area contributed by atoms with E-state index in [1.165, 1.54) is 0 Å². The molecule has 94 valence electrons. The van der Waals surface area contributed by atoms with Crippen molar-refractivity contribution in [2.75, 3.05) is 26.9 Å². The summed E-state index contributed by atoms with van der Waals surface area (Å²) in [6.07, 6.45) is 0.157. The molecule has 0 saturated carbocycles. The molecule has 0 bridgehead atoms. The molecule has 0 heterocycles. The van der Waals surface area contributed by atoms with E-state index < -0.39 is 5.97 Å².